The highest BCUT2D eigenvalue weighted by Gasteiger charge is 2.14. The van der Waals surface area contributed by atoms with Crippen LogP contribution in [0.1, 0.15) is 6.42 Å². The molecule has 1 amide bonds. The molecule has 0 aliphatic heterocycles. The third-order valence-electron chi connectivity index (χ3n) is 1.17. The Bertz CT molecular complexity index is 114. The van der Waals surface area contributed by atoms with E-state index in [-0.39, 0.29) is 5.91 Å². The summed E-state index contributed by atoms with van der Waals surface area (Å²) >= 11 is 0. The molecule has 0 saturated carbocycles. The van der Waals surface area contributed by atoms with Crippen molar-refractivity contribution in [2.24, 2.45) is 5.73 Å². The van der Waals surface area contributed by atoms with Crippen molar-refractivity contribution in [3.63, 3.8) is 0 Å². The number of hydrogen-bond acceptors (Lipinski definition) is 3. The highest BCUT2D eigenvalue weighted by Crippen LogP contribution is 1.92. The van der Waals surface area contributed by atoms with Gasteiger partial charge in [-0.25, -0.2) is 0 Å². The number of rotatable bonds is 3. The normalized spacial score (nSPS) is 12.8. The second kappa shape index (κ2) is 4.24. The van der Waals surface area contributed by atoms with E-state index in [1.165, 1.54) is 4.90 Å². The lowest BCUT2D eigenvalue weighted by molar-refractivity contribution is -0.137. The van der Waals surface area contributed by atoms with Gasteiger partial charge in [0, 0.05) is 14.1 Å². The first-order valence-corrected chi connectivity index (χ1v) is 3.19. The molecule has 0 aromatic carbocycles. The second-order valence-electron chi connectivity index (χ2n) is 2.33. The van der Waals surface area contributed by atoms with E-state index in [9.17, 15) is 4.79 Å². The predicted octanol–water partition coefficient (Wildman–Crippen LogP) is -1.22. The fraction of sp³-hybridized carbons (Fsp3) is 0.833. The molecular weight excluding hydrogens is 132 g/mol. The maximum Gasteiger partial charge on any atom is 0.250 e. The van der Waals surface area contributed by atoms with Crippen LogP contribution >= 0.6 is 0 Å². The quantitative estimate of drug-likeness (QED) is 0.524. The van der Waals surface area contributed by atoms with Crippen molar-refractivity contribution < 1.29 is 9.90 Å². The minimum atomic E-state index is -0.931. The molecule has 4 nitrogen and oxygen atoms in total. The highest BCUT2D eigenvalue weighted by molar-refractivity contribution is 5.80. The molecule has 60 valence electrons. The van der Waals surface area contributed by atoms with Gasteiger partial charge in [0.15, 0.2) is 0 Å². The molecule has 0 aromatic heterocycles. The van der Waals surface area contributed by atoms with Gasteiger partial charge in [-0.2, -0.15) is 0 Å². The number of nitrogens with zero attached hydrogens (tertiary/aromatic N) is 1. The van der Waals surface area contributed by atoms with Crippen LogP contribution in [0.25, 0.3) is 0 Å². The van der Waals surface area contributed by atoms with Gasteiger partial charge in [0.25, 0.3) is 5.91 Å². The van der Waals surface area contributed by atoms with Crippen LogP contribution in [0, 0.1) is 0 Å². The number of nitrogens with two attached hydrogens (primary N) is 1. The number of aliphatic hydroxyl groups excluding tert-OH is 1. The van der Waals surface area contributed by atoms with Crippen molar-refractivity contribution in [1.29, 1.82) is 0 Å². The van der Waals surface area contributed by atoms with Gasteiger partial charge in [-0.05, 0) is 13.0 Å². The molecular formula is C6H14N2O2. The van der Waals surface area contributed by atoms with Crippen LogP contribution in [0.5, 0.6) is 0 Å². The molecule has 1 atom stereocenters. The molecule has 0 fully saturated rings. The topological polar surface area (TPSA) is 66.6 Å². The molecule has 0 rings (SSSR count). The van der Waals surface area contributed by atoms with Crippen molar-refractivity contribution in [3.05, 3.63) is 0 Å². The first-order chi connectivity index (χ1) is 4.59. The molecule has 0 aliphatic carbocycles. The first kappa shape index (κ1) is 9.39. The molecule has 0 heterocycles. The Kier molecular flexibility index (Phi) is 3.99. The summed E-state index contributed by atoms with van der Waals surface area (Å²) in [5.74, 6) is -0.287. The number of amides is 1. The summed E-state index contributed by atoms with van der Waals surface area (Å²) < 4.78 is 0. The van der Waals surface area contributed by atoms with E-state index < -0.39 is 6.10 Å². The van der Waals surface area contributed by atoms with E-state index in [0.717, 1.165) is 0 Å². The van der Waals surface area contributed by atoms with Crippen LogP contribution in [0.2, 0.25) is 0 Å². The molecule has 0 bridgehead atoms. The van der Waals surface area contributed by atoms with Crippen molar-refractivity contribution in [2.45, 2.75) is 12.5 Å². The zero-order chi connectivity index (χ0) is 8.15. The van der Waals surface area contributed by atoms with E-state index in [4.69, 9.17) is 10.8 Å². The van der Waals surface area contributed by atoms with E-state index in [2.05, 4.69) is 0 Å². The molecule has 0 aliphatic rings. The largest absolute Gasteiger partial charge is 0.383 e. The van der Waals surface area contributed by atoms with E-state index >= 15 is 0 Å². The summed E-state index contributed by atoms with van der Waals surface area (Å²) in [6.45, 7) is 0.334. The lowest BCUT2D eigenvalue weighted by Gasteiger charge is -2.14. The van der Waals surface area contributed by atoms with E-state index in [0.29, 0.717) is 13.0 Å². The van der Waals surface area contributed by atoms with E-state index in [1.807, 2.05) is 0 Å². The average Bonchev–Trinajstić information content (AvgIpc) is 1.87. The van der Waals surface area contributed by atoms with Crippen LogP contribution in [0.4, 0.5) is 0 Å². The second-order valence-corrected chi connectivity index (χ2v) is 2.33. The SMILES string of the molecule is CN(C)C(=O)C(O)CCN. The van der Waals surface area contributed by atoms with E-state index in [1.54, 1.807) is 14.1 Å². The fourth-order valence-corrected chi connectivity index (χ4v) is 0.579. The summed E-state index contributed by atoms with van der Waals surface area (Å²) in [5, 5.41) is 9.02. The zero-order valence-electron chi connectivity index (χ0n) is 6.37. The van der Waals surface area contributed by atoms with Gasteiger partial charge < -0.3 is 15.7 Å². The predicted molar refractivity (Wildman–Crippen MR) is 38.4 cm³/mol. The Hall–Kier alpha value is -0.610. The first-order valence-electron chi connectivity index (χ1n) is 3.19. The fourth-order valence-electron chi connectivity index (χ4n) is 0.579. The summed E-state index contributed by atoms with van der Waals surface area (Å²) in [6.07, 6.45) is -0.600. The highest BCUT2D eigenvalue weighted by atomic mass is 16.3. The van der Waals surface area contributed by atoms with Gasteiger partial charge in [0.1, 0.15) is 6.10 Å². The van der Waals surface area contributed by atoms with Crippen LogP contribution in [0.15, 0.2) is 0 Å². The number of aliphatic hydroxyl groups is 1. The lowest BCUT2D eigenvalue weighted by atomic mass is 10.2. The monoisotopic (exact) mass is 146 g/mol. The van der Waals surface area contributed by atoms with Crippen LogP contribution in [-0.2, 0) is 4.79 Å². The van der Waals surface area contributed by atoms with Crippen molar-refractivity contribution in [2.75, 3.05) is 20.6 Å². The van der Waals surface area contributed by atoms with Crippen LogP contribution in [0.3, 0.4) is 0 Å². The standard InChI is InChI=1S/C6H14N2O2/c1-8(2)6(10)5(9)3-4-7/h5,9H,3-4,7H2,1-2H3. The van der Waals surface area contributed by atoms with Crippen molar-refractivity contribution >= 4 is 5.91 Å². The number of hydrogen-bond donors (Lipinski definition) is 2. The molecule has 4 heteroatoms. The summed E-state index contributed by atoms with van der Waals surface area (Å²) in [7, 11) is 3.20. The van der Waals surface area contributed by atoms with Gasteiger partial charge in [0.05, 0.1) is 0 Å². The Morgan fingerprint density at radius 2 is 2.20 bits per heavy atom. The summed E-state index contributed by atoms with van der Waals surface area (Å²) in [6, 6.07) is 0. The molecule has 3 N–H and O–H groups in total. The van der Waals surface area contributed by atoms with Gasteiger partial charge >= 0.3 is 0 Å². The maximum absolute atomic E-state index is 10.9. The Balaban J connectivity index is 3.71. The average molecular weight is 146 g/mol. The molecule has 0 spiro atoms. The van der Waals surface area contributed by atoms with Gasteiger partial charge in [-0.1, -0.05) is 0 Å². The van der Waals surface area contributed by atoms with Gasteiger partial charge in [-0.3, -0.25) is 4.79 Å². The third-order valence-corrected chi connectivity index (χ3v) is 1.17. The Morgan fingerprint density at radius 1 is 1.70 bits per heavy atom. The summed E-state index contributed by atoms with van der Waals surface area (Å²) in [4.78, 5) is 12.2. The smallest absolute Gasteiger partial charge is 0.250 e. The minimum absolute atomic E-state index is 0.287. The Labute approximate surface area is 60.6 Å². The number of carbonyl (C=O) groups excluding carboxylic acids is 1. The Morgan fingerprint density at radius 3 is 2.50 bits per heavy atom. The molecule has 0 aromatic rings. The molecule has 1 unspecified atom stereocenters. The van der Waals surface area contributed by atoms with Crippen LogP contribution in [-0.4, -0.2) is 42.7 Å². The molecule has 0 saturated heterocycles. The molecule has 10 heavy (non-hydrogen) atoms. The number of likely N-dealkylation sites (N-methyl/N-ethyl adjacent to an activating group) is 1. The zero-order valence-corrected chi connectivity index (χ0v) is 6.37. The third kappa shape index (κ3) is 2.80. The lowest BCUT2D eigenvalue weighted by Crippen LogP contribution is -2.34. The summed E-state index contributed by atoms with van der Waals surface area (Å²) in [5.41, 5.74) is 5.14. The number of carbonyl (C=O) groups is 1. The molecule has 0 radical (unpaired) electrons. The maximum atomic E-state index is 10.9. The van der Waals surface area contributed by atoms with Crippen LogP contribution < -0.4 is 5.73 Å². The van der Waals surface area contributed by atoms with Gasteiger partial charge in [-0.15, -0.1) is 0 Å². The minimum Gasteiger partial charge on any atom is -0.383 e. The van der Waals surface area contributed by atoms with Crippen molar-refractivity contribution in [1.82, 2.24) is 4.90 Å². The van der Waals surface area contributed by atoms with Crippen molar-refractivity contribution in [3.8, 4) is 0 Å². The van der Waals surface area contributed by atoms with Gasteiger partial charge in [0.2, 0.25) is 0 Å².